The summed E-state index contributed by atoms with van der Waals surface area (Å²) in [5.41, 5.74) is 2.19. The number of benzene rings is 1. The first kappa shape index (κ1) is 18.5. The first-order valence-electron chi connectivity index (χ1n) is 9.46. The van der Waals surface area contributed by atoms with Gasteiger partial charge in [0.05, 0.1) is 12.2 Å². The van der Waals surface area contributed by atoms with Crippen molar-refractivity contribution in [3.63, 3.8) is 0 Å². The fraction of sp³-hybridized carbons (Fsp3) is 0.524. The molecule has 1 aliphatic rings. The summed E-state index contributed by atoms with van der Waals surface area (Å²) in [5, 5.41) is 14.6. The molecule has 1 saturated carbocycles. The van der Waals surface area contributed by atoms with Crippen LogP contribution in [0.25, 0.3) is 0 Å². The number of aromatic nitrogens is 2. The average Bonchev–Trinajstić information content (AvgIpc) is 3.13. The van der Waals surface area contributed by atoms with E-state index >= 15 is 0 Å². The Hall–Kier alpha value is -2.30. The molecule has 1 heterocycles. The van der Waals surface area contributed by atoms with E-state index in [4.69, 9.17) is 4.74 Å². The van der Waals surface area contributed by atoms with Crippen molar-refractivity contribution in [3.8, 4) is 11.5 Å². The maximum atomic E-state index is 11.4. The standard InChI is InChI=1S/C21H28N2O3/c1-14(2)23-19(10-11-22-23)17-7-5-4-6-16(17)13-26-20-9-8-15(3)21(25)18(20)12-24/h8-12,14,16-17,25H,4-7,13H2,1-3H3. The molecule has 0 saturated heterocycles. The van der Waals surface area contributed by atoms with Crippen molar-refractivity contribution in [1.29, 1.82) is 0 Å². The molecule has 140 valence electrons. The largest absolute Gasteiger partial charge is 0.507 e. The lowest BCUT2D eigenvalue weighted by Crippen LogP contribution is -2.26. The van der Waals surface area contributed by atoms with E-state index in [1.807, 2.05) is 6.20 Å². The molecule has 0 radical (unpaired) electrons. The monoisotopic (exact) mass is 356 g/mol. The summed E-state index contributed by atoms with van der Waals surface area (Å²) >= 11 is 0. The molecular weight excluding hydrogens is 328 g/mol. The number of hydrogen-bond donors (Lipinski definition) is 1. The van der Waals surface area contributed by atoms with Gasteiger partial charge in [-0.2, -0.15) is 5.10 Å². The van der Waals surface area contributed by atoms with Gasteiger partial charge in [-0.15, -0.1) is 0 Å². The van der Waals surface area contributed by atoms with Gasteiger partial charge in [0.15, 0.2) is 6.29 Å². The zero-order valence-electron chi connectivity index (χ0n) is 15.8. The van der Waals surface area contributed by atoms with E-state index in [0.29, 0.717) is 42.1 Å². The quantitative estimate of drug-likeness (QED) is 0.766. The minimum atomic E-state index is 0.00979. The SMILES string of the molecule is Cc1ccc(OCC2CCCCC2c2ccnn2C(C)C)c(C=O)c1O. The highest BCUT2D eigenvalue weighted by Gasteiger charge is 2.30. The number of ether oxygens (including phenoxy) is 1. The molecule has 0 bridgehead atoms. The van der Waals surface area contributed by atoms with Crippen molar-refractivity contribution in [2.75, 3.05) is 6.61 Å². The topological polar surface area (TPSA) is 64.4 Å². The minimum absolute atomic E-state index is 0.00979. The van der Waals surface area contributed by atoms with E-state index in [1.54, 1.807) is 19.1 Å². The molecule has 2 unspecified atom stereocenters. The number of rotatable bonds is 6. The van der Waals surface area contributed by atoms with Gasteiger partial charge >= 0.3 is 0 Å². The molecule has 1 fully saturated rings. The highest BCUT2D eigenvalue weighted by Crippen LogP contribution is 2.39. The lowest BCUT2D eigenvalue weighted by atomic mass is 9.77. The highest BCUT2D eigenvalue weighted by molar-refractivity contribution is 5.84. The van der Waals surface area contributed by atoms with Gasteiger partial charge in [0.2, 0.25) is 0 Å². The summed E-state index contributed by atoms with van der Waals surface area (Å²) < 4.78 is 8.12. The molecule has 1 aromatic carbocycles. The van der Waals surface area contributed by atoms with Crippen LogP contribution in [0.1, 0.15) is 73.1 Å². The molecule has 26 heavy (non-hydrogen) atoms. The molecule has 1 aromatic heterocycles. The second-order valence-corrected chi connectivity index (χ2v) is 7.52. The normalized spacial score (nSPS) is 20.3. The molecule has 2 atom stereocenters. The zero-order chi connectivity index (χ0) is 18.7. The van der Waals surface area contributed by atoms with Crippen LogP contribution < -0.4 is 4.74 Å². The lowest BCUT2D eigenvalue weighted by molar-refractivity contribution is 0.111. The van der Waals surface area contributed by atoms with Crippen LogP contribution in [0.15, 0.2) is 24.4 Å². The molecular formula is C21H28N2O3. The highest BCUT2D eigenvalue weighted by atomic mass is 16.5. The van der Waals surface area contributed by atoms with Gasteiger partial charge in [0.25, 0.3) is 0 Å². The molecule has 5 heteroatoms. The number of nitrogens with zero attached hydrogens (tertiary/aromatic N) is 2. The third-order valence-corrected chi connectivity index (χ3v) is 5.43. The van der Waals surface area contributed by atoms with Gasteiger partial charge in [-0.05, 0) is 51.3 Å². The zero-order valence-corrected chi connectivity index (χ0v) is 15.8. The number of aromatic hydroxyl groups is 1. The number of phenols is 1. The Bertz CT molecular complexity index is 767. The maximum Gasteiger partial charge on any atom is 0.157 e. The van der Waals surface area contributed by atoms with Crippen LogP contribution >= 0.6 is 0 Å². The number of hydrogen-bond acceptors (Lipinski definition) is 4. The molecule has 0 spiro atoms. The van der Waals surface area contributed by atoms with Crippen LogP contribution in [0.3, 0.4) is 0 Å². The number of carbonyl (C=O) groups excluding carboxylic acids is 1. The van der Waals surface area contributed by atoms with E-state index in [1.165, 1.54) is 18.5 Å². The smallest absolute Gasteiger partial charge is 0.157 e. The van der Waals surface area contributed by atoms with Crippen molar-refractivity contribution in [1.82, 2.24) is 9.78 Å². The molecule has 5 nitrogen and oxygen atoms in total. The Morgan fingerprint density at radius 1 is 1.31 bits per heavy atom. The van der Waals surface area contributed by atoms with Crippen molar-refractivity contribution in [2.45, 2.75) is 58.4 Å². The molecule has 0 amide bonds. The first-order chi connectivity index (χ1) is 12.5. The molecule has 1 N–H and O–H groups in total. The summed E-state index contributed by atoms with van der Waals surface area (Å²) in [6, 6.07) is 6.01. The van der Waals surface area contributed by atoms with Gasteiger partial charge < -0.3 is 9.84 Å². The summed E-state index contributed by atoms with van der Waals surface area (Å²) in [4.78, 5) is 11.4. The minimum Gasteiger partial charge on any atom is -0.507 e. The van der Waals surface area contributed by atoms with Gasteiger partial charge in [-0.1, -0.05) is 18.9 Å². The fourth-order valence-corrected chi connectivity index (χ4v) is 3.98. The molecule has 2 aromatic rings. The summed E-state index contributed by atoms with van der Waals surface area (Å²) in [6.45, 7) is 6.61. The van der Waals surface area contributed by atoms with Crippen LogP contribution in [0.5, 0.6) is 11.5 Å². The number of phenolic OH excluding ortho intramolecular Hbond substituents is 1. The average molecular weight is 356 g/mol. The van der Waals surface area contributed by atoms with Crippen LogP contribution in [-0.4, -0.2) is 27.8 Å². The third-order valence-electron chi connectivity index (χ3n) is 5.43. The lowest BCUT2D eigenvalue weighted by Gasteiger charge is -2.32. The van der Waals surface area contributed by atoms with Gasteiger partial charge in [0, 0.05) is 29.8 Å². The second-order valence-electron chi connectivity index (χ2n) is 7.52. The van der Waals surface area contributed by atoms with Gasteiger partial charge in [0.1, 0.15) is 11.5 Å². The Kier molecular flexibility index (Phi) is 5.64. The van der Waals surface area contributed by atoms with E-state index in [0.717, 1.165) is 12.8 Å². The van der Waals surface area contributed by atoms with Gasteiger partial charge in [-0.3, -0.25) is 9.48 Å². The Labute approximate surface area is 155 Å². The van der Waals surface area contributed by atoms with Gasteiger partial charge in [-0.25, -0.2) is 0 Å². The van der Waals surface area contributed by atoms with Crippen LogP contribution in [0.2, 0.25) is 0 Å². The van der Waals surface area contributed by atoms with Crippen molar-refractivity contribution in [3.05, 3.63) is 41.2 Å². The van der Waals surface area contributed by atoms with Crippen LogP contribution in [0.4, 0.5) is 0 Å². The second kappa shape index (κ2) is 7.94. The molecule has 1 aliphatic carbocycles. The summed E-state index contributed by atoms with van der Waals surface area (Å²) in [5.74, 6) is 1.26. The molecule has 0 aliphatic heterocycles. The number of aryl methyl sites for hydroxylation is 1. The molecule has 3 rings (SSSR count). The van der Waals surface area contributed by atoms with Crippen LogP contribution in [0, 0.1) is 12.8 Å². The first-order valence-corrected chi connectivity index (χ1v) is 9.46. The third kappa shape index (κ3) is 3.62. The van der Waals surface area contributed by atoms with Crippen molar-refractivity contribution in [2.24, 2.45) is 5.92 Å². The number of aldehydes is 1. The van der Waals surface area contributed by atoms with Crippen LogP contribution in [-0.2, 0) is 0 Å². The Morgan fingerprint density at radius 2 is 2.08 bits per heavy atom. The maximum absolute atomic E-state index is 11.4. The van der Waals surface area contributed by atoms with E-state index in [2.05, 4.69) is 29.7 Å². The van der Waals surface area contributed by atoms with E-state index in [-0.39, 0.29) is 11.3 Å². The summed E-state index contributed by atoms with van der Waals surface area (Å²) in [7, 11) is 0. The Balaban J connectivity index is 1.79. The van der Waals surface area contributed by atoms with E-state index < -0.39 is 0 Å². The summed E-state index contributed by atoms with van der Waals surface area (Å²) in [6.07, 6.45) is 7.19. The predicted molar refractivity (Wildman–Crippen MR) is 101 cm³/mol. The fourth-order valence-electron chi connectivity index (χ4n) is 3.98. The Morgan fingerprint density at radius 3 is 2.81 bits per heavy atom. The van der Waals surface area contributed by atoms with E-state index in [9.17, 15) is 9.90 Å². The predicted octanol–water partition coefficient (Wildman–Crippen LogP) is 4.64. The van der Waals surface area contributed by atoms with Crippen molar-refractivity contribution >= 4 is 6.29 Å². The number of carbonyl (C=O) groups is 1. The van der Waals surface area contributed by atoms with Crippen molar-refractivity contribution < 1.29 is 14.6 Å².